The molecule has 1 rings (SSSR count). The molecule has 0 bridgehead atoms. The summed E-state index contributed by atoms with van der Waals surface area (Å²) in [5, 5.41) is 3.40. The summed E-state index contributed by atoms with van der Waals surface area (Å²) in [5.41, 5.74) is 1.58. The van der Waals surface area contributed by atoms with Gasteiger partial charge in [0.05, 0.1) is 12.8 Å². The van der Waals surface area contributed by atoms with Gasteiger partial charge in [-0.3, -0.25) is 4.90 Å². The molecule has 110 valence electrons. The number of nitrogens with zero attached hydrogens (tertiary/aromatic N) is 1. The number of hydrogen-bond donors (Lipinski definition) is 1. The predicted molar refractivity (Wildman–Crippen MR) is 81.1 cm³/mol. The van der Waals surface area contributed by atoms with E-state index in [2.05, 4.69) is 57.9 Å². The van der Waals surface area contributed by atoms with Crippen LogP contribution in [0.5, 0.6) is 0 Å². The van der Waals surface area contributed by atoms with Gasteiger partial charge in [0.25, 0.3) is 0 Å². The van der Waals surface area contributed by atoms with Crippen molar-refractivity contribution in [3.05, 3.63) is 23.7 Å². The average Bonchev–Trinajstić information content (AvgIpc) is 2.75. The van der Waals surface area contributed by atoms with Gasteiger partial charge in [-0.15, -0.1) is 0 Å². The molecule has 0 saturated heterocycles. The SMILES string of the molecule is CCCNCc1occc1CN(C)C(C)C(C)(C)C. The van der Waals surface area contributed by atoms with Gasteiger partial charge in [0, 0.05) is 18.2 Å². The van der Waals surface area contributed by atoms with E-state index in [1.54, 1.807) is 6.26 Å². The van der Waals surface area contributed by atoms with Gasteiger partial charge in [0.1, 0.15) is 5.76 Å². The molecule has 1 unspecified atom stereocenters. The fourth-order valence-electron chi connectivity index (χ4n) is 2.11. The largest absolute Gasteiger partial charge is 0.468 e. The summed E-state index contributed by atoms with van der Waals surface area (Å²) < 4.78 is 5.59. The third kappa shape index (κ3) is 5.00. The zero-order chi connectivity index (χ0) is 14.5. The van der Waals surface area contributed by atoms with Crippen LogP contribution in [0.1, 0.15) is 52.4 Å². The molecule has 3 nitrogen and oxygen atoms in total. The monoisotopic (exact) mass is 266 g/mol. The van der Waals surface area contributed by atoms with E-state index < -0.39 is 0 Å². The van der Waals surface area contributed by atoms with Gasteiger partial charge in [-0.1, -0.05) is 27.7 Å². The molecule has 0 aliphatic heterocycles. The maximum absolute atomic E-state index is 5.59. The summed E-state index contributed by atoms with van der Waals surface area (Å²) in [6.45, 7) is 14.1. The number of hydrogen-bond acceptors (Lipinski definition) is 3. The molecule has 1 aromatic rings. The first kappa shape index (κ1) is 16.3. The Hall–Kier alpha value is -0.800. The highest BCUT2D eigenvalue weighted by Gasteiger charge is 2.24. The Bertz CT molecular complexity index is 365. The number of nitrogens with one attached hydrogen (secondary N) is 1. The molecule has 19 heavy (non-hydrogen) atoms. The van der Waals surface area contributed by atoms with Crippen molar-refractivity contribution < 1.29 is 4.42 Å². The highest BCUT2D eigenvalue weighted by Crippen LogP contribution is 2.25. The van der Waals surface area contributed by atoms with Crippen molar-refractivity contribution in [1.82, 2.24) is 10.2 Å². The van der Waals surface area contributed by atoms with Gasteiger partial charge in [-0.05, 0) is 38.4 Å². The van der Waals surface area contributed by atoms with Crippen LogP contribution < -0.4 is 5.32 Å². The highest BCUT2D eigenvalue weighted by atomic mass is 16.3. The smallest absolute Gasteiger partial charge is 0.122 e. The van der Waals surface area contributed by atoms with Crippen molar-refractivity contribution in [3.63, 3.8) is 0 Å². The molecule has 0 aliphatic rings. The van der Waals surface area contributed by atoms with Gasteiger partial charge < -0.3 is 9.73 Å². The molecule has 1 atom stereocenters. The molecule has 3 heteroatoms. The van der Waals surface area contributed by atoms with Gasteiger partial charge in [0.15, 0.2) is 0 Å². The van der Waals surface area contributed by atoms with Crippen LogP contribution >= 0.6 is 0 Å². The molecule has 1 heterocycles. The average molecular weight is 266 g/mol. The van der Waals surface area contributed by atoms with Crippen molar-refractivity contribution >= 4 is 0 Å². The summed E-state index contributed by atoms with van der Waals surface area (Å²) in [4.78, 5) is 2.40. The van der Waals surface area contributed by atoms with Crippen LogP contribution in [0.4, 0.5) is 0 Å². The Morgan fingerprint density at radius 3 is 2.63 bits per heavy atom. The van der Waals surface area contributed by atoms with E-state index in [4.69, 9.17) is 4.42 Å². The topological polar surface area (TPSA) is 28.4 Å². The second-order valence-corrected chi connectivity index (χ2v) is 6.50. The number of rotatable bonds is 7. The fourth-order valence-corrected chi connectivity index (χ4v) is 2.11. The van der Waals surface area contributed by atoms with E-state index in [0.717, 1.165) is 31.8 Å². The van der Waals surface area contributed by atoms with E-state index in [-0.39, 0.29) is 0 Å². The van der Waals surface area contributed by atoms with Crippen molar-refractivity contribution in [2.45, 2.75) is 60.2 Å². The maximum Gasteiger partial charge on any atom is 0.122 e. The van der Waals surface area contributed by atoms with Crippen LogP contribution in [-0.4, -0.2) is 24.5 Å². The Morgan fingerprint density at radius 2 is 2.05 bits per heavy atom. The normalized spacial score (nSPS) is 14.1. The van der Waals surface area contributed by atoms with Gasteiger partial charge in [-0.2, -0.15) is 0 Å². The predicted octanol–water partition coefficient (Wildman–Crippen LogP) is 3.65. The minimum Gasteiger partial charge on any atom is -0.468 e. The van der Waals surface area contributed by atoms with Crippen LogP contribution in [0.15, 0.2) is 16.7 Å². The van der Waals surface area contributed by atoms with Crippen LogP contribution in [0.25, 0.3) is 0 Å². The van der Waals surface area contributed by atoms with Crippen LogP contribution in [-0.2, 0) is 13.1 Å². The standard InChI is InChI=1S/C16H30N2O/c1-7-9-17-11-15-14(8-10-19-15)12-18(6)13(2)16(3,4)5/h8,10,13,17H,7,9,11-12H2,1-6H3. The van der Waals surface area contributed by atoms with Crippen LogP contribution in [0.2, 0.25) is 0 Å². The first-order chi connectivity index (χ1) is 8.86. The minimum absolute atomic E-state index is 0.291. The third-order valence-corrected chi connectivity index (χ3v) is 3.88. The Morgan fingerprint density at radius 1 is 1.37 bits per heavy atom. The van der Waals surface area contributed by atoms with Crippen LogP contribution in [0.3, 0.4) is 0 Å². The van der Waals surface area contributed by atoms with Crippen LogP contribution in [0, 0.1) is 5.41 Å². The van der Waals surface area contributed by atoms with E-state index in [1.165, 1.54) is 5.56 Å². The first-order valence-corrected chi connectivity index (χ1v) is 7.32. The van der Waals surface area contributed by atoms with Gasteiger partial charge in [-0.25, -0.2) is 0 Å². The Labute approximate surface area is 118 Å². The van der Waals surface area contributed by atoms with E-state index in [1.807, 2.05) is 0 Å². The zero-order valence-electron chi connectivity index (χ0n) is 13.4. The summed E-state index contributed by atoms with van der Waals surface area (Å²) in [6.07, 6.45) is 2.95. The first-order valence-electron chi connectivity index (χ1n) is 7.32. The van der Waals surface area contributed by atoms with E-state index >= 15 is 0 Å². The number of furan rings is 1. The summed E-state index contributed by atoms with van der Waals surface area (Å²) >= 11 is 0. The molecule has 0 radical (unpaired) electrons. The van der Waals surface area contributed by atoms with Crippen molar-refractivity contribution in [1.29, 1.82) is 0 Å². The van der Waals surface area contributed by atoms with E-state index in [9.17, 15) is 0 Å². The van der Waals surface area contributed by atoms with E-state index in [0.29, 0.717) is 11.5 Å². The van der Waals surface area contributed by atoms with Gasteiger partial charge >= 0.3 is 0 Å². The van der Waals surface area contributed by atoms with Gasteiger partial charge in [0.2, 0.25) is 0 Å². The fraction of sp³-hybridized carbons (Fsp3) is 0.750. The molecule has 1 N–H and O–H groups in total. The molecule has 0 aromatic carbocycles. The Kier molecular flexibility index (Phi) is 6.08. The summed E-state index contributed by atoms with van der Waals surface area (Å²) in [6, 6.07) is 2.62. The summed E-state index contributed by atoms with van der Waals surface area (Å²) in [5.74, 6) is 1.07. The molecule has 0 fully saturated rings. The molecule has 0 aliphatic carbocycles. The lowest BCUT2D eigenvalue weighted by atomic mass is 9.87. The quantitative estimate of drug-likeness (QED) is 0.764. The Balaban J connectivity index is 2.59. The molecule has 0 spiro atoms. The second kappa shape index (κ2) is 7.11. The minimum atomic E-state index is 0.291. The molecular formula is C16H30N2O. The third-order valence-electron chi connectivity index (χ3n) is 3.88. The van der Waals surface area contributed by atoms with Crippen molar-refractivity contribution in [2.75, 3.05) is 13.6 Å². The maximum atomic E-state index is 5.59. The highest BCUT2D eigenvalue weighted by molar-refractivity contribution is 5.17. The second-order valence-electron chi connectivity index (χ2n) is 6.50. The van der Waals surface area contributed by atoms with Crippen molar-refractivity contribution in [3.8, 4) is 0 Å². The lowest BCUT2D eigenvalue weighted by molar-refractivity contribution is 0.134. The summed E-state index contributed by atoms with van der Waals surface area (Å²) in [7, 11) is 2.19. The molecular weight excluding hydrogens is 236 g/mol. The molecule has 0 amide bonds. The zero-order valence-corrected chi connectivity index (χ0v) is 13.4. The molecule has 1 aromatic heterocycles. The molecule has 0 saturated carbocycles. The van der Waals surface area contributed by atoms with Crippen molar-refractivity contribution in [2.24, 2.45) is 5.41 Å². The lowest BCUT2D eigenvalue weighted by Gasteiger charge is -2.35. The lowest BCUT2D eigenvalue weighted by Crippen LogP contribution is -2.38.